The third-order valence-electron chi connectivity index (χ3n) is 5.91. The minimum absolute atomic E-state index is 0.0961. The molecule has 1 aromatic heterocycles. The highest BCUT2D eigenvalue weighted by molar-refractivity contribution is 5.89. The molecule has 10 nitrogen and oxygen atoms in total. The number of halogens is 1. The number of rotatable bonds is 6. The lowest BCUT2D eigenvalue weighted by Gasteiger charge is -2.29. The number of hydrogen-bond donors (Lipinski definition) is 3. The van der Waals surface area contributed by atoms with E-state index >= 15 is 0 Å². The van der Waals surface area contributed by atoms with Gasteiger partial charge in [0.25, 0.3) is 0 Å². The minimum Gasteiger partial charge on any atom is -0.454 e. The van der Waals surface area contributed by atoms with E-state index in [-0.39, 0.29) is 24.7 Å². The molecule has 0 aliphatic carbocycles. The molecule has 172 valence electrons. The van der Waals surface area contributed by atoms with Crippen LogP contribution in [0.3, 0.4) is 0 Å². The van der Waals surface area contributed by atoms with Gasteiger partial charge in [0.15, 0.2) is 11.5 Å². The predicted molar refractivity (Wildman–Crippen MR) is 115 cm³/mol. The lowest BCUT2D eigenvalue weighted by Crippen LogP contribution is -3.12. The zero-order chi connectivity index (χ0) is 22.6. The summed E-state index contributed by atoms with van der Waals surface area (Å²) in [7, 11) is 0. The quantitative estimate of drug-likeness (QED) is 0.512. The molecule has 3 heterocycles. The fourth-order valence-electron chi connectivity index (χ4n) is 4.14. The smallest absolute Gasteiger partial charge is 0.319 e. The van der Waals surface area contributed by atoms with E-state index in [9.17, 15) is 9.18 Å². The van der Waals surface area contributed by atoms with E-state index in [2.05, 4.69) is 26.2 Å². The van der Waals surface area contributed by atoms with E-state index in [1.165, 1.54) is 29.2 Å². The highest BCUT2D eigenvalue weighted by atomic mass is 19.1. The third kappa shape index (κ3) is 5.20. The number of quaternary nitrogens is 1. The summed E-state index contributed by atoms with van der Waals surface area (Å²) >= 11 is 0. The third-order valence-corrected chi connectivity index (χ3v) is 5.91. The average molecular weight is 454 g/mol. The van der Waals surface area contributed by atoms with Gasteiger partial charge in [-0.1, -0.05) is 6.07 Å². The largest absolute Gasteiger partial charge is 0.454 e. The van der Waals surface area contributed by atoms with Crippen LogP contribution in [0.15, 0.2) is 42.5 Å². The van der Waals surface area contributed by atoms with Crippen LogP contribution in [0.1, 0.15) is 24.2 Å². The average Bonchev–Trinajstić information content (AvgIpc) is 3.46. The molecule has 2 aliphatic rings. The fraction of sp³-hybridized carbons (Fsp3) is 0.364. The maximum absolute atomic E-state index is 13.0. The van der Waals surface area contributed by atoms with Crippen LogP contribution < -0.4 is 25.0 Å². The Balaban J connectivity index is 1.10. The number of benzene rings is 2. The van der Waals surface area contributed by atoms with Crippen LogP contribution in [-0.2, 0) is 13.1 Å². The van der Waals surface area contributed by atoms with Crippen LogP contribution in [0, 0.1) is 5.82 Å². The highest BCUT2D eigenvalue weighted by Gasteiger charge is 2.25. The number of nitrogens with one attached hydrogen (secondary N) is 3. The SMILES string of the molecule is O=C(Nc1ccc(F)cc1)NC1CC[NH+](Cc2nnnn2Cc2ccc3c(c2)OCO3)CC1. The summed E-state index contributed by atoms with van der Waals surface area (Å²) in [5, 5.41) is 18.0. The van der Waals surface area contributed by atoms with E-state index in [1.54, 1.807) is 0 Å². The van der Waals surface area contributed by atoms with Gasteiger partial charge in [-0.3, -0.25) is 0 Å². The molecule has 11 heteroatoms. The number of nitrogens with zero attached hydrogens (tertiary/aromatic N) is 4. The van der Waals surface area contributed by atoms with Crippen molar-refractivity contribution in [3.05, 3.63) is 59.7 Å². The Morgan fingerprint density at radius 1 is 1.12 bits per heavy atom. The molecule has 0 radical (unpaired) electrons. The normalized spacial score (nSPS) is 19.3. The Bertz CT molecular complexity index is 1110. The van der Waals surface area contributed by atoms with Crippen molar-refractivity contribution in [2.45, 2.75) is 32.0 Å². The number of tetrazole rings is 1. The lowest BCUT2D eigenvalue weighted by molar-refractivity contribution is -0.919. The molecule has 5 rings (SSSR count). The fourth-order valence-corrected chi connectivity index (χ4v) is 4.14. The molecule has 2 amide bonds. The first-order valence-corrected chi connectivity index (χ1v) is 10.9. The lowest BCUT2D eigenvalue weighted by atomic mass is 10.1. The summed E-state index contributed by atoms with van der Waals surface area (Å²) in [5.41, 5.74) is 1.60. The van der Waals surface area contributed by atoms with Crippen LogP contribution in [0.2, 0.25) is 0 Å². The second-order valence-electron chi connectivity index (χ2n) is 8.25. The van der Waals surface area contributed by atoms with Crippen molar-refractivity contribution in [2.75, 3.05) is 25.2 Å². The summed E-state index contributed by atoms with van der Waals surface area (Å²) in [6.45, 7) is 3.32. The van der Waals surface area contributed by atoms with Crippen molar-refractivity contribution in [2.24, 2.45) is 0 Å². The molecule has 2 aromatic carbocycles. The molecule has 0 atom stereocenters. The van der Waals surface area contributed by atoms with E-state index in [0.29, 0.717) is 18.8 Å². The number of fused-ring (bicyclic) bond motifs is 1. The summed E-state index contributed by atoms with van der Waals surface area (Å²) < 4.78 is 25.6. The number of carbonyl (C=O) groups excluding carboxylic acids is 1. The van der Waals surface area contributed by atoms with Crippen LogP contribution in [0.25, 0.3) is 0 Å². The minimum atomic E-state index is -0.335. The van der Waals surface area contributed by atoms with Crippen LogP contribution in [0.4, 0.5) is 14.9 Å². The van der Waals surface area contributed by atoms with Gasteiger partial charge in [0.1, 0.15) is 12.4 Å². The van der Waals surface area contributed by atoms with Crippen molar-refractivity contribution < 1.29 is 23.6 Å². The number of likely N-dealkylation sites (tertiary alicyclic amines) is 1. The standard InChI is InChI=1S/C22H24FN7O3/c23-16-2-4-17(5-3-16)24-22(31)25-18-7-9-29(10-8-18)13-21-26-27-28-30(21)12-15-1-6-19-20(11-15)33-14-32-19/h1-6,11,18H,7-10,12-14H2,(H2,24,25,31)/p+1. The Kier molecular flexibility index (Phi) is 6.03. The second-order valence-corrected chi connectivity index (χ2v) is 8.25. The van der Waals surface area contributed by atoms with Crippen LogP contribution >= 0.6 is 0 Å². The molecule has 0 bridgehead atoms. The molecule has 33 heavy (non-hydrogen) atoms. The van der Waals surface area contributed by atoms with Gasteiger partial charge in [-0.25, -0.2) is 13.9 Å². The highest BCUT2D eigenvalue weighted by Crippen LogP contribution is 2.32. The first kappa shape index (κ1) is 21.1. The number of carbonyl (C=O) groups is 1. The Morgan fingerprint density at radius 3 is 2.73 bits per heavy atom. The number of aromatic nitrogens is 4. The van der Waals surface area contributed by atoms with Gasteiger partial charge in [-0.2, -0.15) is 0 Å². The first-order valence-electron chi connectivity index (χ1n) is 10.9. The van der Waals surface area contributed by atoms with Gasteiger partial charge in [-0.15, -0.1) is 5.10 Å². The van der Waals surface area contributed by atoms with Crippen LogP contribution in [0.5, 0.6) is 11.5 Å². The summed E-state index contributed by atoms with van der Waals surface area (Å²) in [4.78, 5) is 13.6. The zero-order valence-corrected chi connectivity index (χ0v) is 18.0. The van der Waals surface area contributed by atoms with Gasteiger partial charge in [0, 0.05) is 24.6 Å². The zero-order valence-electron chi connectivity index (χ0n) is 18.0. The Morgan fingerprint density at radius 2 is 1.91 bits per heavy atom. The summed E-state index contributed by atoms with van der Waals surface area (Å²) in [6.07, 6.45) is 1.71. The molecular formula is C22H25FN7O3+. The topological polar surface area (TPSA) is 108 Å². The van der Waals surface area contributed by atoms with E-state index in [4.69, 9.17) is 9.47 Å². The summed E-state index contributed by atoms with van der Waals surface area (Å²) in [5.74, 6) is 1.98. The van der Waals surface area contributed by atoms with Crippen molar-refractivity contribution >= 4 is 11.7 Å². The van der Waals surface area contributed by atoms with E-state index in [1.807, 2.05) is 22.9 Å². The molecule has 3 aromatic rings. The van der Waals surface area contributed by atoms with Crippen LogP contribution in [-0.4, -0.2) is 52.2 Å². The van der Waals surface area contributed by atoms with Gasteiger partial charge in [0.2, 0.25) is 12.6 Å². The summed E-state index contributed by atoms with van der Waals surface area (Å²) in [6, 6.07) is 11.4. The molecule has 1 fully saturated rings. The molecule has 0 unspecified atom stereocenters. The van der Waals surface area contributed by atoms with Gasteiger partial charge in [-0.05, 0) is 52.4 Å². The number of hydrogen-bond acceptors (Lipinski definition) is 6. The maximum atomic E-state index is 13.0. The van der Waals surface area contributed by atoms with E-state index < -0.39 is 0 Å². The molecular weight excluding hydrogens is 429 g/mol. The molecule has 0 spiro atoms. The van der Waals surface area contributed by atoms with Gasteiger partial charge in [0.05, 0.1) is 19.6 Å². The monoisotopic (exact) mass is 454 g/mol. The Labute approximate surface area is 189 Å². The Hall–Kier alpha value is -3.73. The first-order chi connectivity index (χ1) is 16.1. The number of amides is 2. The molecule has 0 saturated carbocycles. The van der Waals surface area contributed by atoms with Crippen molar-refractivity contribution in [1.82, 2.24) is 25.5 Å². The maximum Gasteiger partial charge on any atom is 0.319 e. The number of anilines is 1. The van der Waals surface area contributed by atoms with Gasteiger partial charge < -0.3 is 25.0 Å². The van der Waals surface area contributed by atoms with Crippen molar-refractivity contribution in [1.29, 1.82) is 0 Å². The molecule has 2 aliphatic heterocycles. The van der Waals surface area contributed by atoms with Crippen molar-refractivity contribution in [3.8, 4) is 11.5 Å². The second kappa shape index (κ2) is 9.41. The molecule has 1 saturated heterocycles. The number of urea groups is 1. The number of ether oxygens (including phenoxy) is 2. The van der Waals surface area contributed by atoms with Crippen molar-refractivity contribution in [3.63, 3.8) is 0 Å². The van der Waals surface area contributed by atoms with E-state index in [0.717, 1.165) is 48.8 Å². The molecule has 3 N–H and O–H groups in total. The van der Waals surface area contributed by atoms with Gasteiger partial charge >= 0.3 is 6.03 Å². The number of piperidine rings is 1. The predicted octanol–water partition coefficient (Wildman–Crippen LogP) is 0.958.